The van der Waals surface area contributed by atoms with Gasteiger partial charge in [-0.2, -0.15) is 13.2 Å². The fourth-order valence-corrected chi connectivity index (χ4v) is 3.45. The van der Waals surface area contributed by atoms with Crippen LogP contribution in [-0.2, 0) is 0 Å². The minimum absolute atomic E-state index is 0.161. The Hall–Kier alpha value is -2.65. The van der Waals surface area contributed by atoms with Crippen LogP contribution < -0.4 is 10.6 Å². The van der Waals surface area contributed by atoms with E-state index < -0.39 is 47.1 Å². The van der Waals surface area contributed by atoms with Gasteiger partial charge in [-0.15, -0.1) is 0 Å². The number of Topliss-reactive ketones (excluding diaryl/α,β-unsaturated/α-hetero) is 1. The van der Waals surface area contributed by atoms with Gasteiger partial charge in [-0.05, 0) is 12.1 Å². The molecule has 0 spiro atoms. The zero-order chi connectivity index (χ0) is 20.7. The molecule has 2 aromatic carbocycles. The lowest BCUT2D eigenvalue weighted by Crippen LogP contribution is -2.72. The summed E-state index contributed by atoms with van der Waals surface area (Å²) in [7, 11) is 0. The predicted octanol–water partition coefficient (Wildman–Crippen LogP) is 3.58. The van der Waals surface area contributed by atoms with E-state index in [4.69, 9.17) is 11.6 Å². The molecule has 28 heavy (non-hydrogen) atoms. The molecule has 1 aliphatic heterocycles. The van der Waals surface area contributed by atoms with Gasteiger partial charge in [0, 0.05) is 16.1 Å². The van der Waals surface area contributed by atoms with Crippen LogP contribution in [0.4, 0.5) is 22.4 Å². The van der Waals surface area contributed by atoms with E-state index in [1.54, 1.807) is 6.07 Å². The van der Waals surface area contributed by atoms with Gasteiger partial charge in [0.25, 0.3) is 0 Å². The zero-order valence-corrected chi connectivity index (χ0v) is 14.7. The first-order valence-corrected chi connectivity index (χ1v) is 8.35. The highest BCUT2D eigenvalue weighted by Crippen LogP contribution is 2.45. The van der Waals surface area contributed by atoms with Crippen LogP contribution in [0.5, 0.6) is 0 Å². The van der Waals surface area contributed by atoms with Gasteiger partial charge >= 0.3 is 12.2 Å². The molecule has 2 aromatic rings. The normalized spacial score (nSPS) is 25.0. The number of amides is 2. The lowest BCUT2D eigenvalue weighted by molar-refractivity contribution is -0.287. The Labute approximate surface area is 161 Å². The van der Waals surface area contributed by atoms with Gasteiger partial charge in [0.05, 0.1) is 6.04 Å². The fourth-order valence-electron chi connectivity index (χ4n) is 3.17. The van der Waals surface area contributed by atoms with Crippen LogP contribution in [0.15, 0.2) is 48.5 Å². The molecule has 2 amide bonds. The van der Waals surface area contributed by atoms with E-state index in [1.165, 1.54) is 41.7 Å². The molecule has 3 rings (SSSR count). The van der Waals surface area contributed by atoms with Crippen molar-refractivity contribution in [3.8, 4) is 0 Å². The maximum atomic E-state index is 14.4. The zero-order valence-electron chi connectivity index (χ0n) is 13.9. The molecule has 3 atom stereocenters. The number of benzene rings is 2. The summed E-state index contributed by atoms with van der Waals surface area (Å²) in [6, 6.07) is 6.90. The number of aliphatic hydroxyl groups is 1. The van der Waals surface area contributed by atoms with Crippen molar-refractivity contribution in [1.29, 1.82) is 0 Å². The molecule has 0 bridgehead atoms. The third-order valence-corrected chi connectivity index (χ3v) is 4.79. The summed E-state index contributed by atoms with van der Waals surface area (Å²) in [5.41, 5.74) is -4.64. The van der Waals surface area contributed by atoms with E-state index in [-0.39, 0.29) is 10.6 Å². The number of carbonyl (C=O) groups is 2. The Morgan fingerprint density at radius 3 is 2.32 bits per heavy atom. The number of ketones is 1. The van der Waals surface area contributed by atoms with Gasteiger partial charge in [0.15, 0.2) is 5.78 Å². The summed E-state index contributed by atoms with van der Waals surface area (Å²) in [5, 5.41) is 13.6. The Morgan fingerprint density at radius 1 is 1.11 bits per heavy atom. The van der Waals surface area contributed by atoms with Crippen molar-refractivity contribution in [3.05, 3.63) is 70.5 Å². The van der Waals surface area contributed by atoms with Crippen molar-refractivity contribution in [3.63, 3.8) is 0 Å². The van der Waals surface area contributed by atoms with Crippen molar-refractivity contribution in [2.75, 3.05) is 0 Å². The number of carbonyl (C=O) groups excluding carboxylic acids is 2. The van der Waals surface area contributed by atoms with Gasteiger partial charge in [0.1, 0.15) is 11.7 Å². The number of rotatable bonds is 3. The average Bonchev–Trinajstić information content (AvgIpc) is 2.60. The molecule has 1 aliphatic rings. The SMILES string of the molecule is O=C1N[C@H](c2c(F)cccc2Cl)[C@H](C(=O)c2ccccc2)[C@@](O)(C(F)(F)F)N1. The first kappa shape index (κ1) is 20.1. The third-order valence-electron chi connectivity index (χ3n) is 4.46. The molecule has 10 heteroatoms. The highest BCUT2D eigenvalue weighted by molar-refractivity contribution is 6.31. The minimum atomic E-state index is -5.43. The van der Waals surface area contributed by atoms with E-state index in [0.29, 0.717) is 0 Å². The summed E-state index contributed by atoms with van der Waals surface area (Å²) >= 11 is 5.95. The average molecular weight is 417 g/mol. The molecule has 1 saturated heterocycles. The van der Waals surface area contributed by atoms with Gasteiger partial charge in [-0.1, -0.05) is 48.0 Å². The standard InChI is InChI=1S/C18H13ClF4N2O3/c19-10-7-4-8-11(20)12(10)14-13(15(26)9-5-2-1-3-6-9)17(28,18(21,22)23)25-16(27)24-14/h1-8,13-14,28H,(H2,24,25,27)/t13-,14-,17-/m1/s1. The predicted molar refractivity (Wildman–Crippen MR) is 91.1 cm³/mol. The molecule has 0 unspecified atom stereocenters. The smallest absolute Gasteiger partial charge is 0.363 e. The van der Waals surface area contributed by atoms with E-state index in [0.717, 1.165) is 6.07 Å². The Bertz CT molecular complexity index is 903. The second kappa shape index (κ2) is 7.06. The van der Waals surface area contributed by atoms with Gasteiger partial charge in [-0.3, -0.25) is 4.79 Å². The Kier molecular flexibility index (Phi) is 5.07. The third kappa shape index (κ3) is 3.31. The van der Waals surface area contributed by atoms with Crippen molar-refractivity contribution in [2.45, 2.75) is 17.9 Å². The fraction of sp³-hybridized carbons (Fsp3) is 0.222. The monoisotopic (exact) mass is 416 g/mol. The second-order valence-corrected chi connectivity index (χ2v) is 6.59. The quantitative estimate of drug-likeness (QED) is 0.528. The van der Waals surface area contributed by atoms with Gasteiger partial charge in [-0.25, -0.2) is 9.18 Å². The van der Waals surface area contributed by atoms with Gasteiger partial charge in [0.2, 0.25) is 5.72 Å². The van der Waals surface area contributed by atoms with E-state index >= 15 is 0 Å². The molecular weight excluding hydrogens is 404 g/mol. The number of hydrogen-bond donors (Lipinski definition) is 3. The maximum Gasteiger partial charge on any atom is 0.437 e. The molecule has 148 valence electrons. The number of hydrogen-bond acceptors (Lipinski definition) is 3. The van der Waals surface area contributed by atoms with Crippen LogP contribution in [0.3, 0.4) is 0 Å². The molecule has 0 aromatic heterocycles. The molecule has 0 aliphatic carbocycles. The van der Waals surface area contributed by atoms with Crippen LogP contribution in [0.1, 0.15) is 22.0 Å². The maximum absolute atomic E-state index is 14.4. The number of alkyl halides is 3. The Balaban J connectivity index is 2.23. The van der Waals surface area contributed by atoms with Crippen molar-refractivity contribution in [1.82, 2.24) is 10.6 Å². The van der Waals surface area contributed by atoms with Crippen LogP contribution in [0.25, 0.3) is 0 Å². The largest absolute Gasteiger partial charge is 0.437 e. The molecule has 5 nitrogen and oxygen atoms in total. The molecule has 3 N–H and O–H groups in total. The van der Waals surface area contributed by atoms with E-state index in [9.17, 15) is 32.3 Å². The van der Waals surface area contributed by atoms with Crippen LogP contribution in [0.2, 0.25) is 5.02 Å². The first-order chi connectivity index (χ1) is 13.1. The van der Waals surface area contributed by atoms with Crippen LogP contribution in [-0.4, -0.2) is 28.8 Å². The highest BCUT2D eigenvalue weighted by atomic mass is 35.5. The molecule has 1 heterocycles. The highest BCUT2D eigenvalue weighted by Gasteiger charge is 2.66. The minimum Gasteiger partial charge on any atom is -0.363 e. The van der Waals surface area contributed by atoms with Crippen LogP contribution >= 0.6 is 11.6 Å². The topological polar surface area (TPSA) is 78.4 Å². The molecule has 1 fully saturated rings. The summed E-state index contributed by atoms with van der Waals surface area (Å²) in [6.07, 6.45) is -5.43. The summed E-state index contributed by atoms with van der Waals surface area (Å²) in [5.74, 6) is -4.53. The lowest BCUT2D eigenvalue weighted by Gasteiger charge is -2.45. The Morgan fingerprint density at radius 2 is 1.75 bits per heavy atom. The lowest BCUT2D eigenvalue weighted by atomic mass is 9.77. The first-order valence-electron chi connectivity index (χ1n) is 7.97. The molecular formula is C18H13ClF4N2O3. The van der Waals surface area contributed by atoms with Crippen molar-refractivity contribution >= 4 is 23.4 Å². The van der Waals surface area contributed by atoms with Crippen LogP contribution in [0, 0.1) is 11.7 Å². The van der Waals surface area contributed by atoms with E-state index in [1.807, 2.05) is 0 Å². The van der Waals surface area contributed by atoms with Crippen molar-refractivity contribution in [2.24, 2.45) is 5.92 Å². The second-order valence-electron chi connectivity index (χ2n) is 6.18. The van der Waals surface area contributed by atoms with Crippen molar-refractivity contribution < 1.29 is 32.3 Å². The number of nitrogens with one attached hydrogen (secondary N) is 2. The number of urea groups is 1. The molecule has 0 saturated carbocycles. The van der Waals surface area contributed by atoms with Gasteiger partial charge < -0.3 is 15.7 Å². The van der Waals surface area contributed by atoms with E-state index in [2.05, 4.69) is 5.32 Å². The number of halogens is 5. The summed E-state index contributed by atoms with van der Waals surface area (Å²) in [4.78, 5) is 24.8. The molecule has 0 radical (unpaired) electrons. The summed E-state index contributed by atoms with van der Waals surface area (Å²) < 4.78 is 55.7. The summed E-state index contributed by atoms with van der Waals surface area (Å²) in [6.45, 7) is 0.